The number of carbonyl (C=O) groups excluding carboxylic acids is 2. The third-order valence-corrected chi connectivity index (χ3v) is 3.86. The fourth-order valence-electron chi connectivity index (χ4n) is 2.62. The maximum Gasteiger partial charge on any atom is 0.195 e. The van der Waals surface area contributed by atoms with Gasteiger partial charge in [-0.3, -0.25) is 9.59 Å². The topological polar surface area (TPSA) is 74.6 Å². The van der Waals surface area contributed by atoms with E-state index in [1.54, 1.807) is 48.5 Å². The molecule has 2 atom stereocenters. The van der Waals surface area contributed by atoms with E-state index in [0.29, 0.717) is 5.56 Å². The molecule has 2 aromatic carbocycles. The van der Waals surface area contributed by atoms with Crippen LogP contribution >= 0.6 is 0 Å². The zero-order valence-electron chi connectivity index (χ0n) is 11.6. The molecule has 3 rings (SSSR count). The number of carbonyl (C=O) groups is 2. The second-order valence-corrected chi connectivity index (χ2v) is 5.19. The van der Waals surface area contributed by atoms with Gasteiger partial charge in [-0.25, -0.2) is 0 Å². The minimum absolute atomic E-state index is 0.110. The summed E-state index contributed by atoms with van der Waals surface area (Å²) in [5.74, 6) is -1.37. The highest BCUT2D eigenvalue weighted by Gasteiger charge is 2.51. The predicted octanol–water partition coefficient (Wildman–Crippen LogP) is 1.47. The molecule has 22 heavy (non-hydrogen) atoms. The van der Waals surface area contributed by atoms with E-state index in [1.165, 1.54) is 12.1 Å². The van der Waals surface area contributed by atoms with Crippen LogP contribution in [0, 0.1) is 0 Å². The zero-order valence-corrected chi connectivity index (χ0v) is 11.6. The van der Waals surface area contributed by atoms with Crippen molar-refractivity contribution in [2.24, 2.45) is 0 Å². The van der Waals surface area contributed by atoms with Gasteiger partial charge in [-0.2, -0.15) is 0 Å². The molecule has 0 aliphatic heterocycles. The van der Waals surface area contributed by atoms with Crippen molar-refractivity contribution in [1.29, 1.82) is 0 Å². The Labute approximate surface area is 127 Å². The highest BCUT2D eigenvalue weighted by molar-refractivity contribution is 6.31. The molecule has 0 spiro atoms. The van der Waals surface area contributed by atoms with Crippen LogP contribution in [-0.4, -0.2) is 27.9 Å². The normalized spacial score (nSPS) is 25.0. The lowest BCUT2D eigenvalue weighted by molar-refractivity contribution is -0.156. The number of rotatable bonds is 2. The van der Waals surface area contributed by atoms with Gasteiger partial charge in [0, 0.05) is 5.57 Å². The summed E-state index contributed by atoms with van der Waals surface area (Å²) in [5.41, 5.74) is -1.39. The van der Waals surface area contributed by atoms with Crippen molar-refractivity contribution >= 4 is 17.1 Å². The molecule has 1 aliphatic carbocycles. The van der Waals surface area contributed by atoms with Crippen LogP contribution in [0.2, 0.25) is 0 Å². The van der Waals surface area contributed by atoms with Crippen LogP contribution in [0.25, 0.3) is 5.57 Å². The highest BCUT2D eigenvalue weighted by Crippen LogP contribution is 2.35. The molecular formula is C18H14O4. The van der Waals surface area contributed by atoms with E-state index in [0.717, 1.165) is 6.08 Å². The Bertz CT molecular complexity index is 749. The first-order chi connectivity index (χ1) is 10.5. The number of ketones is 2. The number of hydrogen-bond donors (Lipinski definition) is 2. The van der Waals surface area contributed by atoms with Crippen LogP contribution in [0.1, 0.15) is 11.1 Å². The predicted molar refractivity (Wildman–Crippen MR) is 80.8 cm³/mol. The molecule has 0 bridgehead atoms. The monoisotopic (exact) mass is 294 g/mol. The molecule has 0 radical (unpaired) electrons. The Morgan fingerprint density at radius 1 is 0.864 bits per heavy atom. The number of Topliss-reactive ketones (excluding diaryl/α,β-unsaturated/α-hetero) is 1. The molecule has 0 amide bonds. The first-order valence-corrected chi connectivity index (χ1v) is 6.87. The lowest BCUT2D eigenvalue weighted by atomic mass is 9.75. The average molecular weight is 294 g/mol. The van der Waals surface area contributed by atoms with Crippen molar-refractivity contribution in [3.8, 4) is 0 Å². The van der Waals surface area contributed by atoms with E-state index in [-0.39, 0.29) is 11.1 Å². The fourth-order valence-corrected chi connectivity index (χ4v) is 2.62. The summed E-state index contributed by atoms with van der Waals surface area (Å²) in [7, 11) is 0. The van der Waals surface area contributed by atoms with Gasteiger partial charge in [0.25, 0.3) is 0 Å². The number of hydrogen-bond acceptors (Lipinski definition) is 4. The number of aliphatic hydroxyl groups is 2. The van der Waals surface area contributed by atoms with Crippen molar-refractivity contribution < 1.29 is 19.8 Å². The van der Waals surface area contributed by atoms with Crippen LogP contribution in [0.4, 0.5) is 0 Å². The largest absolute Gasteiger partial charge is 0.381 e. The summed E-state index contributed by atoms with van der Waals surface area (Å²) < 4.78 is 0. The summed E-state index contributed by atoms with van der Waals surface area (Å²) in [6.07, 6.45) is -0.722. The van der Waals surface area contributed by atoms with Gasteiger partial charge < -0.3 is 10.2 Å². The number of aliphatic hydroxyl groups excluding tert-OH is 1. The van der Waals surface area contributed by atoms with Crippen molar-refractivity contribution in [3.05, 3.63) is 77.9 Å². The Morgan fingerprint density at radius 3 is 2.00 bits per heavy atom. The molecule has 2 N–H and O–H groups in total. The lowest BCUT2D eigenvalue weighted by Crippen LogP contribution is -2.53. The molecule has 0 aromatic heterocycles. The lowest BCUT2D eigenvalue weighted by Gasteiger charge is -2.34. The van der Waals surface area contributed by atoms with Gasteiger partial charge in [0.1, 0.15) is 0 Å². The van der Waals surface area contributed by atoms with Gasteiger partial charge in [-0.1, -0.05) is 60.7 Å². The molecular weight excluding hydrogens is 280 g/mol. The van der Waals surface area contributed by atoms with E-state index in [9.17, 15) is 19.8 Å². The molecule has 0 unspecified atom stereocenters. The van der Waals surface area contributed by atoms with Crippen molar-refractivity contribution in [2.75, 3.05) is 0 Å². The van der Waals surface area contributed by atoms with Crippen LogP contribution < -0.4 is 0 Å². The Kier molecular flexibility index (Phi) is 3.48. The van der Waals surface area contributed by atoms with Crippen LogP contribution in [0.3, 0.4) is 0 Å². The molecule has 0 saturated carbocycles. The molecule has 1 aliphatic rings. The summed E-state index contributed by atoms with van der Waals surface area (Å²) in [6, 6.07) is 16.6. The zero-order chi connectivity index (χ0) is 15.7. The standard InChI is InChI=1S/C18H14O4/c19-15-11-14(12-7-3-1-4-8-12)16(20)17(21)18(15,22)13-9-5-2-6-10-13/h1-11,17,21-22H/t17-,18+/m1/s1. The fraction of sp³-hybridized carbons (Fsp3) is 0.111. The minimum atomic E-state index is -2.24. The van der Waals surface area contributed by atoms with Crippen molar-refractivity contribution in [3.63, 3.8) is 0 Å². The van der Waals surface area contributed by atoms with Gasteiger partial charge in [0.2, 0.25) is 0 Å². The smallest absolute Gasteiger partial charge is 0.195 e. The Morgan fingerprint density at radius 2 is 1.41 bits per heavy atom. The molecule has 0 heterocycles. The Balaban J connectivity index is 2.11. The molecule has 2 aromatic rings. The Hall–Kier alpha value is -2.56. The molecule has 0 saturated heterocycles. The van der Waals surface area contributed by atoms with Crippen LogP contribution in [-0.2, 0) is 15.2 Å². The first kappa shape index (κ1) is 14.4. The average Bonchev–Trinajstić information content (AvgIpc) is 2.58. The minimum Gasteiger partial charge on any atom is -0.381 e. The van der Waals surface area contributed by atoms with Gasteiger partial charge in [-0.05, 0) is 17.2 Å². The molecule has 4 nitrogen and oxygen atoms in total. The van der Waals surface area contributed by atoms with Crippen LogP contribution in [0.15, 0.2) is 66.7 Å². The van der Waals surface area contributed by atoms with Crippen molar-refractivity contribution in [2.45, 2.75) is 11.7 Å². The molecule has 110 valence electrons. The van der Waals surface area contributed by atoms with Crippen LogP contribution in [0.5, 0.6) is 0 Å². The van der Waals surface area contributed by atoms with E-state index in [1.807, 2.05) is 0 Å². The summed E-state index contributed by atoms with van der Waals surface area (Å²) in [5, 5.41) is 20.9. The summed E-state index contributed by atoms with van der Waals surface area (Å²) in [6.45, 7) is 0. The second kappa shape index (κ2) is 5.33. The molecule has 0 fully saturated rings. The highest BCUT2D eigenvalue weighted by atomic mass is 16.4. The summed E-state index contributed by atoms with van der Waals surface area (Å²) in [4.78, 5) is 24.8. The summed E-state index contributed by atoms with van der Waals surface area (Å²) >= 11 is 0. The third-order valence-electron chi connectivity index (χ3n) is 3.86. The van der Waals surface area contributed by atoms with Gasteiger partial charge >= 0.3 is 0 Å². The van der Waals surface area contributed by atoms with E-state index < -0.39 is 23.3 Å². The van der Waals surface area contributed by atoms with E-state index in [2.05, 4.69) is 0 Å². The quantitative estimate of drug-likeness (QED) is 0.879. The maximum atomic E-state index is 12.4. The second-order valence-electron chi connectivity index (χ2n) is 5.19. The van der Waals surface area contributed by atoms with Gasteiger partial charge in [0.05, 0.1) is 0 Å². The van der Waals surface area contributed by atoms with E-state index in [4.69, 9.17) is 0 Å². The maximum absolute atomic E-state index is 12.4. The van der Waals surface area contributed by atoms with Gasteiger partial charge in [0.15, 0.2) is 23.3 Å². The third kappa shape index (κ3) is 2.09. The van der Waals surface area contributed by atoms with Gasteiger partial charge in [-0.15, -0.1) is 0 Å². The molecule has 4 heteroatoms. The van der Waals surface area contributed by atoms with Crippen molar-refractivity contribution in [1.82, 2.24) is 0 Å². The SMILES string of the molecule is O=C1C(c2ccccc2)=CC(=O)[C@@](O)(c2ccccc2)[C@@H]1O. The number of benzene rings is 2. The first-order valence-electron chi connectivity index (χ1n) is 6.87. The van der Waals surface area contributed by atoms with E-state index >= 15 is 0 Å².